The minimum atomic E-state index is 1.07. The van der Waals surface area contributed by atoms with Crippen LogP contribution in [0.3, 0.4) is 0 Å². The average Bonchev–Trinajstić information content (AvgIpc) is 2.71. The molecule has 0 aliphatic heterocycles. The Morgan fingerprint density at radius 3 is 1.81 bits per heavy atom. The van der Waals surface area contributed by atoms with Crippen LogP contribution in [-0.2, 0) is 0 Å². The lowest BCUT2D eigenvalue weighted by Crippen LogP contribution is -2.11. The summed E-state index contributed by atoms with van der Waals surface area (Å²) >= 11 is 0. The van der Waals surface area contributed by atoms with E-state index in [0.717, 1.165) is 28.4 Å². The molecule has 0 bridgehead atoms. The van der Waals surface area contributed by atoms with Crippen molar-refractivity contribution in [3.8, 4) is 0 Å². The van der Waals surface area contributed by atoms with Gasteiger partial charge >= 0.3 is 0 Å². The van der Waals surface area contributed by atoms with Crippen LogP contribution in [0.2, 0.25) is 0 Å². The number of benzene rings is 4. The van der Waals surface area contributed by atoms with Crippen LogP contribution in [0, 0.1) is 6.92 Å². The SMILES string of the molecule is Cc1cccc(Nc2ccccc2N(c2ccccc2)c2ccccc2)c1. The maximum Gasteiger partial charge on any atom is 0.0696 e. The topological polar surface area (TPSA) is 15.3 Å². The molecule has 0 atom stereocenters. The maximum atomic E-state index is 3.59. The predicted molar refractivity (Wildman–Crippen MR) is 116 cm³/mol. The molecule has 2 nitrogen and oxygen atoms in total. The molecule has 0 spiro atoms. The van der Waals surface area contributed by atoms with Gasteiger partial charge in [0.2, 0.25) is 0 Å². The molecule has 0 saturated carbocycles. The number of anilines is 5. The quantitative estimate of drug-likeness (QED) is 0.409. The molecule has 0 fully saturated rings. The fraction of sp³-hybridized carbons (Fsp3) is 0.0400. The van der Waals surface area contributed by atoms with Gasteiger partial charge in [0.15, 0.2) is 0 Å². The highest BCUT2D eigenvalue weighted by Crippen LogP contribution is 2.39. The summed E-state index contributed by atoms with van der Waals surface area (Å²) in [5.41, 5.74) is 6.75. The lowest BCUT2D eigenvalue weighted by atomic mass is 10.1. The van der Waals surface area contributed by atoms with Crippen molar-refractivity contribution in [2.75, 3.05) is 10.2 Å². The van der Waals surface area contributed by atoms with E-state index in [1.165, 1.54) is 5.56 Å². The van der Waals surface area contributed by atoms with Crippen molar-refractivity contribution in [1.29, 1.82) is 0 Å². The molecule has 1 N–H and O–H groups in total. The maximum absolute atomic E-state index is 3.59. The summed E-state index contributed by atoms with van der Waals surface area (Å²) < 4.78 is 0. The van der Waals surface area contributed by atoms with E-state index in [0.29, 0.717) is 0 Å². The Balaban J connectivity index is 1.81. The average molecular weight is 350 g/mol. The van der Waals surface area contributed by atoms with Crippen molar-refractivity contribution in [2.24, 2.45) is 0 Å². The van der Waals surface area contributed by atoms with Crippen LogP contribution in [0.1, 0.15) is 5.56 Å². The summed E-state index contributed by atoms with van der Waals surface area (Å²) in [6, 6.07) is 37.8. The van der Waals surface area contributed by atoms with E-state index in [9.17, 15) is 0 Å². The zero-order chi connectivity index (χ0) is 18.5. The Hall–Kier alpha value is -3.52. The Bertz CT molecular complexity index is 971. The molecule has 0 aliphatic rings. The van der Waals surface area contributed by atoms with Crippen LogP contribution >= 0.6 is 0 Å². The summed E-state index contributed by atoms with van der Waals surface area (Å²) in [5.74, 6) is 0. The number of nitrogens with zero attached hydrogens (tertiary/aromatic N) is 1. The van der Waals surface area contributed by atoms with E-state index >= 15 is 0 Å². The first-order valence-corrected chi connectivity index (χ1v) is 9.14. The molecule has 0 radical (unpaired) electrons. The largest absolute Gasteiger partial charge is 0.354 e. The fourth-order valence-electron chi connectivity index (χ4n) is 3.23. The third-order valence-corrected chi connectivity index (χ3v) is 4.47. The Morgan fingerprint density at radius 1 is 0.593 bits per heavy atom. The molecule has 0 saturated heterocycles. The molecular formula is C25H22N2. The third-order valence-electron chi connectivity index (χ3n) is 4.47. The first-order valence-electron chi connectivity index (χ1n) is 9.14. The van der Waals surface area contributed by atoms with Gasteiger partial charge in [0.25, 0.3) is 0 Å². The van der Waals surface area contributed by atoms with E-state index in [2.05, 4.69) is 114 Å². The van der Waals surface area contributed by atoms with Gasteiger partial charge in [0, 0.05) is 17.1 Å². The molecule has 4 aromatic carbocycles. The molecule has 0 unspecified atom stereocenters. The zero-order valence-corrected chi connectivity index (χ0v) is 15.3. The standard InChI is InChI=1S/C25H22N2/c1-20-11-10-12-21(19-20)26-24-17-8-9-18-25(24)27(22-13-4-2-5-14-22)23-15-6-3-7-16-23/h2-19,26H,1H3. The molecule has 4 aromatic rings. The Morgan fingerprint density at radius 2 is 1.19 bits per heavy atom. The Labute approximate surface area is 160 Å². The monoisotopic (exact) mass is 350 g/mol. The molecular weight excluding hydrogens is 328 g/mol. The second-order valence-corrected chi connectivity index (χ2v) is 6.52. The lowest BCUT2D eigenvalue weighted by molar-refractivity contribution is 1.28. The van der Waals surface area contributed by atoms with Crippen molar-refractivity contribution in [3.05, 3.63) is 115 Å². The van der Waals surface area contributed by atoms with Gasteiger partial charge in [0.1, 0.15) is 0 Å². The van der Waals surface area contributed by atoms with Crippen molar-refractivity contribution in [3.63, 3.8) is 0 Å². The van der Waals surface area contributed by atoms with Gasteiger partial charge in [-0.2, -0.15) is 0 Å². The second-order valence-electron chi connectivity index (χ2n) is 6.52. The van der Waals surface area contributed by atoms with E-state index in [4.69, 9.17) is 0 Å². The van der Waals surface area contributed by atoms with Crippen LogP contribution in [0.25, 0.3) is 0 Å². The van der Waals surface area contributed by atoms with Gasteiger partial charge in [-0.1, -0.05) is 60.7 Å². The number of rotatable bonds is 5. The fourth-order valence-corrected chi connectivity index (χ4v) is 3.23. The van der Waals surface area contributed by atoms with Crippen LogP contribution < -0.4 is 10.2 Å². The van der Waals surface area contributed by atoms with Gasteiger partial charge < -0.3 is 10.2 Å². The van der Waals surface area contributed by atoms with Crippen molar-refractivity contribution in [2.45, 2.75) is 6.92 Å². The van der Waals surface area contributed by atoms with Crippen LogP contribution in [-0.4, -0.2) is 0 Å². The van der Waals surface area contributed by atoms with Crippen molar-refractivity contribution >= 4 is 28.4 Å². The first-order chi connectivity index (χ1) is 13.3. The minimum Gasteiger partial charge on any atom is -0.354 e. The summed E-state index contributed by atoms with van der Waals surface area (Å²) in [6.45, 7) is 2.11. The molecule has 27 heavy (non-hydrogen) atoms. The normalized spacial score (nSPS) is 10.4. The van der Waals surface area contributed by atoms with Gasteiger partial charge in [-0.05, 0) is 61.0 Å². The number of aryl methyl sites for hydroxylation is 1. The van der Waals surface area contributed by atoms with Gasteiger partial charge in [0.05, 0.1) is 11.4 Å². The molecule has 0 aromatic heterocycles. The van der Waals surface area contributed by atoms with Crippen LogP contribution in [0.5, 0.6) is 0 Å². The van der Waals surface area contributed by atoms with Crippen LogP contribution in [0.15, 0.2) is 109 Å². The minimum absolute atomic E-state index is 1.07. The van der Waals surface area contributed by atoms with Crippen LogP contribution in [0.4, 0.5) is 28.4 Å². The number of nitrogens with one attached hydrogen (secondary N) is 1. The van der Waals surface area contributed by atoms with Gasteiger partial charge in [-0.15, -0.1) is 0 Å². The van der Waals surface area contributed by atoms with Gasteiger partial charge in [-0.3, -0.25) is 0 Å². The zero-order valence-electron chi connectivity index (χ0n) is 15.3. The molecule has 2 heteroatoms. The molecule has 0 heterocycles. The van der Waals surface area contributed by atoms with E-state index in [1.54, 1.807) is 0 Å². The molecule has 0 aliphatic carbocycles. The number of para-hydroxylation sites is 4. The highest BCUT2D eigenvalue weighted by atomic mass is 15.2. The van der Waals surface area contributed by atoms with E-state index < -0.39 is 0 Å². The molecule has 132 valence electrons. The van der Waals surface area contributed by atoms with E-state index in [1.807, 2.05) is 12.1 Å². The highest BCUT2D eigenvalue weighted by molar-refractivity contribution is 5.86. The summed E-state index contributed by atoms with van der Waals surface area (Å²) in [7, 11) is 0. The van der Waals surface area contributed by atoms with Crippen molar-refractivity contribution in [1.82, 2.24) is 0 Å². The summed E-state index contributed by atoms with van der Waals surface area (Å²) in [6.07, 6.45) is 0. The molecule has 0 amide bonds. The Kier molecular flexibility index (Phi) is 4.88. The van der Waals surface area contributed by atoms with Gasteiger partial charge in [-0.25, -0.2) is 0 Å². The highest BCUT2D eigenvalue weighted by Gasteiger charge is 2.15. The molecule has 4 rings (SSSR count). The number of hydrogen-bond acceptors (Lipinski definition) is 2. The third kappa shape index (κ3) is 3.85. The summed E-state index contributed by atoms with van der Waals surface area (Å²) in [5, 5.41) is 3.59. The second kappa shape index (κ2) is 7.79. The number of hydrogen-bond donors (Lipinski definition) is 1. The lowest BCUT2D eigenvalue weighted by Gasteiger charge is -2.27. The van der Waals surface area contributed by atoms with E-state index in [-0.39, 0.29) is 0 Å². The smallest absolute Gasteiger partial charge is 0.0696 e. The predicted octanol–water partition coefficient (Wildman–Crippen LogP) is 7.21. The van der Waals surface area contributed by atoms with Crippen molar-refractivity contribution < 1.29 is 0 Å². The first kappa shape index (κ1) is 16.9. The summed E-state index contributed by atoms with van der Waals surface area (Å²) in [4.78, 5) is 2.28.